The van der Waals surface area contributed by atoms with Gasteiger partial charge in [-0.1, -0.05) is 19.3 Å². The predicted molar refractivity (Wildman–Crippen MR) is 61.9 cm³/mol. The third-order valence-corrected chi connectivity index (χ3v) is 3.87. The van der Waals surface area contributed by atoms with Crippen molar-refractivity contribution in [2.45, 2.75) is 51.6 Å². The highest BCUT2D eigenvalue weighted by Gasteiger charge is 2.20. The van der Waals surface area contributed by atoms with Crippen LogP contribution in [0.2, 0.25) is 0 Å². The van der Waals surface area contributed by atoms with Crippen LogP contribution in [-0.2, 0) is 13.7 Å². The summed E-state index contributed by atoms with van der Waals surface area (Å²) in [4.78, 5) is 0. The van der Waals surface area contributed by atoms with Crippen LogP contribution >= 0.6 is 0 Å². The molecule has 1 aliphatic rings. The monoisotopic (exact) mass is 207 g/mol. The van der Waals surface area contributed by atoms with Gasteiger partial charge in [0.05, 0.1) is 6.61 Å². The number of hydrogen-bond donors (Lipinski definition) is 1. The Bertz CT molecular complexity index is 335. The minimum absolute atomic E-state index is 0.173. The molecule has 1 aromatic rings. The Labute approximate surface area is 91.9 Å². The highest BCUT2D eigenvalue weighted by Crippen LogP contribution is 2.34. The Morgan fingerprint density at radius 3 is 2.53 bits per heavy atom. The Kier molecular flexibility index (Phi) is 3.15. The molecule has 1 aromatic heterocycles. The van der Waals surface area contributed by atoms with E-state index in [2.05, 4.69) is 24.6 Å². The zero-order valence-corrected chi connectivity index (χ0v) is 9.79. The van der Waals surface area contributed by atoms with Gasteiger partial charge in [-0.3, -0.25) is 0 Å². The van der Waals surface area contributed by atoms with Crippen LogP contribution in [0.15, 0.2) is 6.07 Å². The molecule has 0 radical (unpaired) electrons. The van der Waals surface area contributed by atoms with E-state index >= 15 is 0 Å². The summed E-state index contributed by atoms with van der Waals surface area (Å²) < 4.78 is 2.27. The lowest BCUT2D eigenvalue weighted by Crippen LogP contribution is -2.09. The van der Waals surface area contributed by atoms with Crippen molar-refractivity contribution in [3.8, 4) is 0 Å². The molecule has 1 heterocycles. The van der Waals surface area contributed by atoms with Gasteiger partial charge in [-0.2, -0.15) is 0 Å². The molecule has 0 saturated heterocycles. The van der Waals surface area contributed by atoms with Crippen molar-refractivity contribution in [2.24, 2.45) is 7.05 Å². The normalized spacial score (nSPS) is 18.3. The van der Waals surface area contributed by atoms with Crippen molar-refractivity contribution >= 4 is 0 Å². The van der Waals surface area contributed by atoms with Crippen LogP contribution in [0.25, 0.3) is 0 Å². The average Bonchev–Trinajstić information content (AvgIpc) is 2.57. The van der Waals surface area contributed by atoms with Crippen molar-refractivity contribution < 1.29 is 5.11 Å². The van der Waals surface area contributed by atoms with Crippen molar-refractivity contribution in [2.75, 3.05) is 0 Å². The second-order valence-electron chi connectivity index (χ2n) is 4.73. The number of nitrogens with zero attached hydrogens (tertiary/aromatic N) is 1. The lowest BCUT2D eigenvalue weighted by atomic mass is 9.87. The molecule has 84 valence electrons. The van der Waals surface area contributed by atoms with E-state index < -0.39 is 0 Å². The van der Waals surface area contributed by atoms with Crippen LogP contribution in [0.5, 0.6) is 0 Å². The van der Waals surface area contributed by atoms with Crippen LogP contribution in [-0.4, -0.2) is 9.67 Å². The van der Waals surface area contributed by atoms with Gasteiger partial charge >= 0.3 is 0 Å². The number of rotatable bonds is 2. The molecule has 0 spiro atoms. The van der Waals surface area contributed by atoms with Crippen molar-refractivity contribution in [3.05, 3.63) is 23.0 Å². The Morgan fingerprint density at radius 2 is 2.00 bits per heavy atom. The fourth-order valence-electron chi connectivity index (χ4n) is 2.74. The van der Waals surface area contributed by atoms with Crippen LogP contribution in [0.4, 0.5) is 0 Å². The minimum Gasteiger partial charge on any atom is -0.392 e. The molecule has 0 unspecified atom stereocenters. The van der Waals surface area contributed by atoms with Crippen LogP contribution < -0.4 is 0 Å². The molecule has 0 aromatic carbocycles. The Morgan fingerprint density at radius 1 is 1.33 bits per heavy atom. The Balaban J connectivity index is 2.26. The van der Waals surface area contributed by atoms with Crippen LogP contribution in [0, 0.1) is 6.92 Å². The van der Waals surface area contributed by atoms with Gasteiger partial charge in [0, 0.05) is 18.4 Å². The fourth-order valence-corrected chi connectivity index (χ4v) is 2.74. The molecule has 2 rings (SSSR count). The largest absolute Gasteiger partial charge is 0.392 e. The fraction of sp³-hybridized carbons (Fsp3) is 0.692. The van der Waals surface area contributed by atoms with Crippen LogP contribution in [0.3, 0.4) is 0 Å². The maximum atomic E-state index is 9.24. The lowest BCUT2D eigenvalue weighted by Gasteiger charge is -2.22. The summed E-state index contributed by atoms with van der Waals surface area (Å²) in [5.74, 6) is 0.725. The topological polar surface area (TPSA) is 25.2 Å². The average molecular weight is 207 g/mol. The van der Waals surface area contributed by atoms with E-state index in [1.807, 2.05) is 0 Å². The summed E-state index contributed by atoms with van der Waals surface area (Å²) in [7, 11) is 2.12. The summed E-state index contributed by atoms with van der Waals surface area (Å²) in [6.07, 6.45) is 6.77. The van der Waals surface area contributed by atoms with E-state index in [0.29, 0.717) is 0 Å². The van der Waals surface area contributed by atoms with Crippen LogP contribution in [0.1, 0.15) is 55.0 Å². The molecule has 1 fully saturated rings. The molecule has 1 N–H and O–H groups in total. The van der Waals surface area contributed by atoms with Gasteiger partial charge in [-0.15, -0.1) is 0 Å². The van der Waals surface area contributed by atoms with Crippen molar-refractivity contribution in [1.82, 2.24) is 4.57 Å². The first kappa shape index (κ1) is 10.7. The van der Waals surface area contributed by atoms with Gasteiger partial charge in [0.2, 0.25) is 0 Å². The van der Waals surface area contributed by atoms with Gasteiger partial charge in [-0.05, 0) is 37.3 Å². The maximum Gasteiger partial charge on any atom is 0.0699 e. The highest BCUT2D eigenvalue weighted by atomic mass is 16.3. The lowest BCUT2D eigenvalue weighted by molar-refractivity contribution is 0.281. The van der Waals surface area contributed by atoms with E-state index in [1.165, 1.54) is 43.5 Å². The minimum atomic E-state index is 0.173. The van der Waals surface area contributed by atoms with Gasteiger partial charge in [0.1, 0.15) is 0 Å². The first-order valence-corrected chi connectivity index (χ1v) is 6.00. The third-order valence-electron chi connectivity index (χ3n) is 3.87. The first-order chi connectivity index (χ1) is 7.24. The molecule has 2 nitrogen and oxygen atoms in total. The number of hydrogen-bond acceptors (Lipinski definition) is 1. The van der Waals surface area contributed by atoms with Gasteiger partial charge in [0.15, 0.2) is 0 Å². The van der Waals surface area contributed by atoms with E-state index in [0.717, 1.165) is 11.5 Å². The second-order valence-corrected chi connectivity index (χ2v) is 4.73. The van der Waals surface area contributed by atoms with Crippen molar-refractivity contribution in [1.29, 1.82) is 0 Å². The first-order valence-electron chi connectivity index (χ1n) is 6.00. The molecule has 0 amide bonds. The molecule has 15 heavy (non-hydrogen) atoms. The molecular formula is C13H21NO. The SMILES string of the molecule is Cc1c(CO)cc(C2CCCCC2)n1C. The molecule has 0 atom stereocenters. The smallest absolute Gasteiger partial charge is 0.0699 e. The summed E-state index contributed by atoms with van der Waals surface area (Å²) >= 11 is 0. The zero-order valence-electron chi connectivity index (χ0n) is 9.79. The highest BCUT2D eigenvalue weighted by molar-refractivity contribution is 5.28. The maximum absolute atomic E-state index is 9.24. The van der Waals surface area contributed by atoms with E-state index in [-0.39, 0.29) is 6.61 Å². The quantitative estimate of drug-likeness (QED) is 0.792. The predicted octanol–water partition coefficient (Wildman–Crippen LogP) is 2.87. The summed E-state index contributed by atoms with van der Waals surface area (Å²) in [5.41, 5.74) is 3.74. The molecule has 0 aliphatic heterocycles. The number of aromatic nitrogens is 1. The zero-order chi connectivity index (χ0) is 10.8. The number of aliphatic hydroxyl groups is 1. The van der Waals surface area contributed by atoms with E-state index in [4.69, 9.17) is 0 Å². The standard InChI is InChI=1S/C13H21NO/c1-10-12(9-15)8-13(14(10)2)11-6-4-3-5-7-11/h8,11,15H,3-7,9H2,1-2H3. The third kappa shape index (κ3) is 1.96. The second kappa shape index (κ2) is 4.40. The summed E-state index contributed by atoms with van der Waals surface area (Å²) in [5, 5.41) is 9.24. The summed E-state index contributed by atoms with van der Waals surface area (Å²) in [6.45, 7) is 2.27. The van der Waals surface area contributed by atoms with E-state index in [1.54, 1.807) is 0 Å². The van der Waals surface area contributed by atoms with E-state index in [9.17, 15) is 5.11 Å². The van der Waals surface area contributed by atoms with Gasteiger partial charge in [0.25, 0.3) is 0 Å². The molecule has 0 bridgehead atoms. The summed E-state index contributed by atoms with van der Waals surface area (Å²) in [6, 6.07) is 2.20. The number of aliphatic hydroxyl groups excluding tert-OH is 1. The molecule has 1 aliphatic carbocycles. The van der Waals surface area contributed by atoms with Crippen molar-refractivity contribution in [3.63, 3.8) is 0 Å². The molecule has 2 heteroatoms. The van der Waals surface area contributed by atoms with Gasteiger partial charge in [-0.25, -0.2) is 0 Å². The molecular weight excluding hydrogens is 186 g/mol. The molecule has 1 saturated carbocycles. The van der Waals surface area contributed by atoms with Gasteiger partial charge < -0.3 is 9.67 Å². The Hall–Kier alpha value is -0.760.